The normalized spacial score (nSPS) is 10.8. The van der Waals surface area contributed by atoms with Gasteiger partial charge in [-0.3, -0.25) is 4.79 Å². The summed E-state index contributed by atoms with van der Waals surface area (Å²) in [6.07, 6.45) is 0.538. The predicted octanol–water partition coefficient (Wildman–Crippen LogP) is 2.34. The number of rotatable bonds is 2. The lowest BCUT2D eigenvalue weighted by Crippen LogP contribution is -2.05. The molecule has 1 aromatic heterocycles. The van der Waals surface area contributed by atoms with Crippen LogP contribution in [-0.2, 0) is 11.2 Å². The molecule has 3 nitrogen and oxygen atoms in total. The number of hydrogen-bond acceptors (Lipinski definition) is 2. The van der Waals surface area contributed by atoms with Gasteiger partial charge in [0.05, 0.1) is 18.1 Å². The number of carboxylic acid groups (broad SMARTS) is 1. The second-order valence-electron chi connectivity index (χ2n) is 3.05. The molecular formula is C10H6F2O3. The number of fused-ring (bicyclic) bond motifs is 1. The van der Waals surface area contributed by atoms with Crippen molar-refractivity contribution in [3.05, 3.63) is 35.6 Å². The molecule has 0 bridgehead atoms. The Bertz CT molecular complexity index is 531. The van der Waals surface area contributed by atoms with Crippen molar-refractivity contribution >= 4 is 16.9 Å². The molecule has 1 heterocycles. The standard InChI is InChI=1S/C10H6F2O3/c11-7-4-8-5(1-2-15-8)10(12)6(7)3-9(13)14/h1-2,4H,3H2,(H,13,14). The zero-order valence-electron chi connectivity index (χ0n) is 7.46. The van der Waals surface area contributed by atoms with Gasteiger partial charge in [0.1, 0.15) is 17.2 Å². The summed E-state index contributed by atoms with van der Waals surface area (Å²) in [5.74, 6) is -3.06. The Hall–Kier alpha value is -1.91. The van der Waals surface area contributed by atoms with Crippen molar-refractivity contribution in [3.8, 4) is 0 Å². The van der Waals surface area contributed by atoms with Gasteiger partial charge in [-0.2, -0.15) is 0 Å². The predicted molar refractivity (Wildman–Crippen MR) is 47.5 cm³/mol. The van der Waals surface area contributed by atoms with Gasteiger partial charge in [-0.05, 0) is 6.07 Å². The second kappa shape index (κ2) is 3.34. The Kier molecular flexibility index (Phi) is 2.15. The molecule has 1 aromatic carbocycles. The number of hydrogen-bond donors (Lipinski definition) is 1. The molecule has 5 heteroatoms. The van der Waals surface area contributed by atoms with Gasteiger partial charge in [0.15, 0.2) is 0 Å². The van der Waals surface area contributed by atoms with Crippen LogP contribution in [0.4, 0.5) is 8.78 Å². The van der Waals surface area contributed by atoms with Crippen molar-refractivity contribution in [1.82, 2.24) is 0 Å². The molecule has 0 atom stereocenters. The van der Waals surface area contributed by atoms with Crippen molar-refractivity contribution in [2.75, 3.05) is 0 Å². The van der Waals surface area contributed by atoms with Gasteiger partial charge in [0, 0.05) is 11.6 Å². The highest BCUT2D eigenvalue weighted by Gasteiger charge is 2.17. The topological polar surface area (TPSA) is 50.4 Å². The number of carboxylic acids is 1. The highest BCUT2D eigenvalue weighted by Crippen LogP contribution is 2.25. The van der Waals surface area contributed by atoms with Gasteiger partial charge >= 0.3 is 5.97 Å². The third-order valence-electron chi connectivity index (χ3n) is 2.07. The van der Waals surface area contributed by atoms with Crippen LogP contribution in [0, 0.1) is 11.6 Å². The first kappa shape index (κ1) is 9.64. The van der Waals surface area contributed by atoms with Gasteiger partial charge < -0.3 is 9.52 Å². The summed E-state index contributed by atoms with van der Waals surface area (Å²) in [4.78, 5) is 10.4. The number of aliphatic carboxylic acids is 1. The maximum Gasteiger partial charge on any atom is 0.308 e. The third-order valence-corrected chi connectivity index (χ3v) is 2.07. The van der Waals surface area contributed by atoms with Crippen LogP contribution < -0.4 is 0 Å². The van der Waals surface area contributed by atoms with E-state index < -0.39 is 29.6 Å². The van der Waals surface area contributed by atoms with Crippen LogP contribution in [0.5, 0.6) is 0 Å². The van der Waals surface area contributed by atoms with E-state index in [1.165, 1.54) is 12.3 Å². The molecule has 0 unspecified atom stereocenters. The van der Waals surface area contributed by atoms with Gasteiger partial charge in [0.2, 0.25) is 0 Å². The van der Waals surface area contributed by atoms with Crippen LogP contribution >= 0.6 is 0 Å². The molecule has 0 aliphatic carbocycles. The van der Waals surface area contributed by atoms with E-state index >= 15 is 0 Å². The van der Waals surface area contributed by atoms with Crippen molar-refractivity contribution in [3.63, 3.8) is 0 Å². The lowest BCUT2D eigenvalue weighted by molar-refractivity contribution is -0.136. The quantitative estimate of drug-likeness (QED) is 0.831. The van der Waals surface area contributed by atoms with Crippen molar-refractivity contribution < 1.29 is 23.1 Å². The molecule has 0 saturated heterocycles. The maximum absolute atomic E-state index is 13.6. The molecular weight excluding hydrogens is 206 g/mol. The van der Waals surface area contributed by atoms with E-state index in [0.29, 0.717) is 0 Å². The summed E-state index contributed by atoms with van der Waals surface area (Å²) < 4.78 is 31.6. The number of carbonyl (C=O) groups is 1. The van der Waals surface area contributed by atoms with Crippen LogP contribution in [0.1, 0.15) is 5.56 Å². The lowest BCUT2D eigenvalue weighted by Gasteiger charge is -2.02. The van der Waals surface area contributed by atoms with Crippen LogP contribution in [0.25, 0.3) is 11.0 Å². The van der Waals surface area contributed by atoms with E-state index in [4.69, 9.17) is 9.52 Å². The van der Waals surface area contributed by atoms with Crippen molar-refractivity contribution in [1.29, 1.82) is 0 Å². The second-order valence-corrected chi connectivity index (χ2v) is 3.05. The molecule has 78 valence electrons. The Morgan fingerprint density at radius 2 is 2.20 bits per heavy atom. The van der Waals surface area contributed by atoms with E-state index in [9.17, 15) is 13.6 Å². The van der Waals surface area contributed by atoms with Crippen molar-refractivity contribution in [2.45, 2.75) is 6.42 Å². The monoisotopic (exact) mass is 212 g/mol. The largest absolute Gasteiger partial charge is 0.481 e. The Morgan fingerprint density at radius 1 is 1.47 bits per heavy atom. The molecule has 0 aliphatic rings. The van der Waals surface area contributed by atoms with E-state index in [1.54, 1.807) is 0 Å². The molecule has 0 spiro atoms. The third kappa shape index (κ3) is 1.56. The molecule has 1 N–H and O–H groups in total. The highest BCUT2D eigenvalue weighted by molar-refractivity contribution is 5.81. The summed E-state index contributed by atoms with van der Waals surface area (Å²) >= 11 is 0. The van der Waals surface area contributed by atoms with Crippen molar-refractivity contribution in [2.24, 2.45) is 0 Å². The van der Waals surface area contributed by atoms with E-state index in [2.05, 4.69) is 0 Å². The molecule has 15 heavy (non-hydrogen) atoms. The van der Waals surface area contributed by atoms with Crippen LogP contribution in [0.2, 0.25) is 0 Å². The summed E-state index contributed by atoms with van der Waals surface area (Å²) in [6.45, 7) is 0. The Morgan fingerprint density at radius 3 is 2.87 bits per heavy atom. The van der Waals surface area contributed by atoms with E-state index in [0.717, 1.165) is 6.07 Å². The molecule has 0 aliphatic heterocycles. The minimum absolute atomic E-state index is 0.0686. The zero-order chi connectivity index (χ0) is 11.0. The minimum Gasteiger partial charge on any atom is -0.481 e. The SMILES string of the molecule is O=C(O)Cc1c(F)cc2occc2c1F. The zero-order valence-corrected chi connectivity index (χ0v) is 7.46. The molecule has 2 aromatic rings. The molecule has 2 rings (SSSR count). The average Bonchev–Trinajstić information content (AvgIpc) is 2.59. The Labute approximate surface area is 82.9 Å². The fraction of sp³-hybridized carbons (Fsp3) is 0.100. The van der Waals surface area contributed by atoms with Crippen LogP contribution in [0.15, 0.2) is 22.8 Å². The minimum atomic E-state index is -1.28. The first-order chi connectivity index (χ1) is 7.09. The summed E-state index contributed by atoms with van der Waals surface area (Å²) in [5.41, 5.74) is -0.379. The molecule has 0 saturated carbocycles. The first-order valence-corrected chi connectivity index (χ1v) is 4.15. The van der Waals surface area contributed by atoms with Gasteiger partial charge in [-0.1, -0.05) is 0 Å². The van der Waals surface area contributed by atoms with Gasteiger partial charge in [-0.15, -0.1) is 0 Å². The highest BCUT2D eigenvalue weighted by atomic mass is 19.1. The Balaban J connectivity index is 2.66. The smallest absolute Gasteiger partial charge is 0.308 e. The average molecular weight is 212 g/mol. The lowest BCUT2D eigenvalue weighted by atomic mass is 10.1. The number of furan rings is 1. The number of halogens is 2. The van der Waals surface area contributed by atoms with Crippen LogP contribution in [-0.4, -0.2) is 11.1 Å². The first-order valence-electron chi connectivity index (χ1n) is 4.15. The van der Waals surface area contributed by atoms with E-state index in [-0.39, 0.29) is 11.0 Å². The summed E-state index contributed by atoms with van der Waals surface area (Å²) in [6, 6.07) is 2.31. The van der Waals surface area contributed by atoms with Gasteiger partial charge in [-0.25, -0.2) is 8.78 Å². The fourth-order valence-corrected chi connectivity index (χ4v) is 1.40. The van der Waals surface area contributed by atoms with Gasteiger partial charge in [0.25, 0.3) is 0 Å². The summed E-state index contributed by atoms with van der Waals surface area (Å²) in [5, 5.41) is 8.57. The molecule has 0 radical (unpaired) electrons. The van der Waals surface area contributed by atoms with E-state index in [1.807, 2.05) is 0 Å². The van der Waals surface area contributed by atoms with Crippen LogP contribution in [0.3, 0.4) is 0 Å². The molecule has 0 fully saturated rings. The summed E-state index contributed by atoms with van der Waals surface area (Å²) in [7, 11) is 0. The maximum atomic E-state index is 13.6. The fourth-order valence-electron chi connectivity index (χ4n) is 1.40. The number of benzene rings is 1. The molecule has 0 amide bonds.